The van der Waals surface area contributed by atoms with Crippen LogP contribution < -0.4 is 0 Å². The van der Waals surface area contributed by atoms with Gasteiger partial charge < -0.3 is 9.30 Å². The van der Waals surface area contributed by atoms with Crippen LogP contribution in [0.25, 0.3) is 16.0 Å². The highest BCUT2D eigenvalue weighted by atomic mass is 16.5. The third kappa shape index (κ3) is 4.09. The zero-order chi connectivity index (χ0) is 21.0. The molecular weight excluding hydrogens is 360 g/mol. The Kier molecular flexibility index (Phi) is 6.19. The van der Waals surface area contributed by atoms with Gasteiger partial charge in [0.15, 0.2) is 0 Å². The number of nitrogens with zero attached hydrogens (tertiary/aromatic N) is 2. The fourth-order valence-electron chi connectivity index (χ4n) is 3.80. The second-order valence-electron chi connectivity index (χ2n) is 7.13. The Hall–Kier alpha value is -3.32. The lowest BCUT2D eigenvalue weighted by Crippen LogP contribution is -2.12. The fourth-order valence-corrected chi connectivity index (χ4v) is 3.80. The van der Waals surface area contributed by atoms with Crippen molar-refractivity contribution in [2.24, 2.45) is 7.05 Å². The molecule has 0 amide bonds. The first kappa shape index (κ1) is 20.4. The summed E-state index contributed by atoms with van der Waals surface area (Å²) in [7, 11) is 1.83. The summed E-state index contributed by atoms with van der Waals surface area (Å²) in [5.41, 5.74) is 7.05. The van der Waals surface area contributed by atoms with Crippen LogP contribution in [0, 0.1) is 13.5 Å². The van der Waals surface area contributed by atoms with Crippen molar-refractivity contribution >= 4 is 11.7 Å². The topological polar surface area (TPSA) is 35.6 Å². The highest BCUT2D eigenvalue weighted by Crippen LogP contribution is 2.39. The molecule has 1 aromatic heterocycles. The number of hydrogen-bond donors (Lipinski definition) is 0. The van der Waals surface area contributed by atoms with E-state index in [1.165, 1.54) is 16.7 Å². The minimum atomic E-state index is -0.390. The van der Waals surface area contributed by atoms with Crippen LogP contribution in [0.15, 0.2) is 48.5 Å². The van der Waals surface area contributed by atoms with Gasteiger partial charge in [-0.25, -0.2) is 9.64 Å². The van der Waals surface area contributed by atoms with Crippen molar-refractivity contribution in [3.8, 4) is 11.1 Å². The van der Waals surface area contributed by atoms with Crippen LogP contribution >= 0.6 is 0 Å². The fraction of sp³-hybridized carbons (Fsp3) is 0.280. The first-order valence-corrected chi connectivity index (χ1v) is 9.91. The van der Waals surface area contributed by atoms with E-state index in [-0.39, 0.29) is 0 Å². The van der Waals surface area contributed by atoms with Gasteiger partial charge in [0.1, 0.15) is 5.69 Å². The van der Waals surface area contributed by atoms with Gasteiger partial charge in [0.05, 0.1) is 13.2 Å². The predicted molar refractivity (Wildman–Crippen MR) is 116 cm³/mol. The number of carbonyl (C=O) groups is 1. The van der Waals surface area contributed by atoms with Gasteiger partial charge in [-0.05, 0) is 43.4 Å². The molecular formula is C25H26N2O2. The highest BCUT2D eigenvalue weighted by molar-refractivity contribution is 6.01. The Bertz CT molecular complexity index is 1070. The molecule has 0 radical (unpaired) electrons. The van der Waals surface area contributed by atoms with Crippen molar-refractivity contribution in [2.45, 2.75) is 33.6 Å². The molecule has 0 atom stereocenters. The Balaban J connectivity index is 2.03. The van der Waals surface area contributed by atoms with Gasteiger partial charge in [-0.1, -0.05) is 61.0 Å². The molecule has 0 N–H and O–H groups in total. The Morgan fingerprint density at radius 3 is 2.41 bits per heavy atom. The van der Waals surface area contributed by atoms with E-state index in [0.29, 0.717) is 30.0 Å². The van der Waals surface area contributed by atoms with Crippen LogP contribution in [-0.2, 0) is 24.6 Å². The molecule has 0 saturated heterocycles. The minimum absolute atomic E-state index is 0.299. The van der Waals surface area contributed by atoms with E-state index in [0.717, 1.165) is 17.7 Å². The number of aryl methyl sites for hydroxylation is 1. The van der Waals surface area contributed by atoms with E-state index in [1.807, 2.05) is 26.1 Å². The van der Waals surface area contributed by atoms with E-state index < -0.39 is 5.97 Å². The normalized spacial score (nSPS) is 10.6. The zero-order valence-corrected chi connectivity index (χ0v) is 17.5. The molecule has 0 bridgehead atoms. The monoisotopic (exact) mass is 386 g/mol. The second kappa shape index (κ2) is 8.79. The highest BCUT2D eigenvalue weighted by Gasteiger charge is 2.26. The maximum Gasteiger partial charge on any atom is 0.354 e. The molecule has 2 aromatic carbocycles. The predicted octanol–water partition coefficient (Wildman–Crippen LogP) is 5.88. The van der Waals surface area contributed by atoms with Crippen LogP contribution in [0.2, 0.25) is 0 Å². The van der Waals surface area contributed by atoms with E-state index in [2.05, 4.69) is 48.2 Å². The second-order valence-corrected chi connectivity index (χ2v) is 7.13. The van der Waals surface area contributed by atoms with E-state index in [1.54, 1.807) is 11.5 Å². The number of ether oxygens (including phenoxy) is 1. The molecule has 4 heteroatoms. The number of carbonyl (C=O) groups excluding carboxylic acids is 1. The molecule has 0 unspecified atom stereocenters. The molecule has 1 heterocycles. The third-order valence-corrected chi connectivity index (χ3v) is 5.14. The maximum absolute atomic E-state index is 12.7. The van der Waals surface area contributed by atoms with E-state index >= 15 is 0 Å². The minimum Gasteiger partial charge on any atom is -0.461 e. The largest absolute Gasteiger partial charge is 0.461 e. The van der Waals surface area contributed by atoms with Crippen molar-refractivity contribution in [2.75, 3.05) is 6.61 Å². The lowest BCUT2D eigenvalue weighted by molar-refractivity contribution is 0.0516. The number of benzene rings is 2. The lowest BCUT2D eigenvalue weighted by Gasteiger charge is -2.10. The molecule has 0 spiro atoms. The summed E-state index contributed by atoms with van der Waals surface area (Å²) in [6.45, 7) is 13.9. The lowest BCUT2D eigenvalue weighted by atomic mass is 9.98. The van der Waals surface area contributed by atoms with Gasteiger partial charge in [0.25, 0.3) is 0 Å². The molecule has 0 aliphatic heterocycles. The summed E-state index contributed by atoms with van der Waals surface area (Å²) in [4.78, 5) is 16.4. The average Bonchev–Trinajstić information content (AvgIpc) is 3.00. The molecule has 0 fully saturated rings. The van der Waals surface area contributed by atoms with Gasteiger partial charge in [-0.2, -0.15) is 0 Å². The van der Waals surface area contributed by atoms with Crippen molar-refractivity contribution in [1.29, 1.82) is 0 Å². The average molecular weight is 386 g/mol. The summed E-state index contributed by atoms with van der Waals surface area (Å²) in [5, 5.41) is 0. The molecule has 4 nitrogen and oxygen atoms in total. The number of hydrogen-bond acceptors (Lipinski definition) is 2. The Labute approximate surface area is 172 Å². The van der Waals surface area contributed by atoms with Crippen LogP contribution in [0.3, 0.4) is 0 Å². The maximum atomic E-state index is 12.7. The van der Waals surface area contributed by atoms with Crippen LogP contribution in [0.1, 0.15) is 46.7 Å². The first-order chi connectivity index (χ1) is 14.0. The third-order valence-electron chi connectivity index (χ3n) is 5.14. The summed E-state index contributed by atoms with van der Waals surface area (Å²) in [5.74, 6) is -0.390. The number of rotatable bonds is 6. The van der Waals surface area contributed by atoms with Crippen LogP contribution in [-0.4, -0.2) is 17.1 Å². The van der Waals surface area contributed by atoms with Gasteiger partial charge in [-0.15, -0.1) is 0 Å². The van der Waals surface area contributed by atoms with Crippen molar-refractivity contribution in [3.63, 3.8) is 0 Å². The Morgan fingerprint density at radius 1 is 1.10 bits per heavy atom. The zero-order valence-electron chi connectivity index (χ0n) is 17.5. The molecule has 3 aromatic rings. The van der Waals surface area contributed by atoms with Crippen molar-refractivity contribution in [3.05, 3.63) is 88.0 Å². The van der Waals surface area contributed by atoms with Crippen LogP contribution in [0.5, 0.6) is 0 Å². The quantitative estimate of drug-likeness (QED) is 0.392. The first-order valence-electron chi connectivity index (χ1n) is 9.91. The molecule has 3 rings (SSSR count). The van der Waals surface area contributed by atoms with Gasteiger partial charge >= 0.3 is 5.97 Å². The van der Waals surface area contributed by atoms with Gasteiger partial charge in [-0.3, -0.25) is 0 Å². The molecule has 0 aliphatic rings. The summed E-state index contributed by atoms with van der Waals surface area (Å²) < 4.78 is 7.09. The van der Waals surface area contributed by atoms with E-state index in [9.17, 15) is 4.79 Å². The number of esters is 1. The Morgan fingerprint density at radius 2 is 1.83 bits per heavy atom. The standard InChI is InChI=1S/C25H26N2O2/c1-6-21-23(26-4)22(24(27(21)5)25(28)29-7-2)20-13-11-18(12-14-20)16-19-10-8-9-17(3)15-19/h8-15H,6-7,16H2,1-3,5H3. The summed E-state index contributed by atoms with van der Waals surface area (Å²) >= 11 is 0. The summed E-state index contributed by atoms with van der Waals surface area (Å²) in [6, 6.07) is 16.6. The number of aromatic nitrogens is 1. The van der Waals surface area contributed by atoms with Crippen LogP contribution in [0.4, 0.5) is 5.69 Å². The van der Waals surface area contributed by atoms with Crippen molar-refractivity contribution in [1.82, 2.24) is 4.57 Å². The molecule has 29 heavy (non-hydrogen) atoms. The molecule has 0 aliphatic carbocycles. The molecule has 0 saturated carbocycles. The SMILES string of the molecule is [C-]#[N+]c1c(-c2ccc(Cc3cccc(C)c3)cc2)c(C(=O)OCC)n(C)c1CC. The van der Waals surface area contributed by atoms with E-state index in [4.69, 9.17) is 11.3 Å². The van der Waals surface area contributed by atoms with Gasteiger partial charge in [0, 0.05) is 18.3 Å². The summed E-state index contributed by atoms with van der Waals surface area (Å²) in [6.07, 6.45) is 1.52. The smallest absolute Gasteiger partial charge is 0.354 e. The van der Waals surface area contributed by atoms with Crippen molar-refractivity contribution < 1.29 is 9.53 Å². The van der Waals surface area contributed by atoms with Gasteiger partial charge in [0.2, 0.25) is 5.69 Å². The molecule has 148 valence electrons.